The average Bonchev–Trinajstić information content (AvgIpc) is 2.48. The number of aromatic nitrogens is 1. The van der Waals surface area contributed by atoms with Gasteiger partial charge in [0, 0.05) is 24.2 Å². The molecule has 0 saturated heterocycles. The van der Waals surface area contributed by atoms with Crippen LogP contribution in [0.3, 0.4) is 0 Å². The minimum absolute atomic E-state index is 0.132. The first kappa shape index (κ1) is 14.5. The Labute approximate surface area is 122 Å². The molecule has 0 aliphatic rings. The average molecular weight is 282 g/mol. The maximum absolute atomic E-state index is 11.9. The number of carboxylic acid groups (broad SMARTS) is 1. The SMILES string of the molecule is Cc1ccc(C(=O)O)cc1NC(=O)C=Cc1cccnc1. The molecule has 5 heteroatoms. The van der Waals surface area contributed by atoms with Gasteiger partial charge in [-0.2, -0.15) is 0 Å². The molecule has 0 aliphatic heterocycles. The van der Waals surface area contributed by atoms with Crippen LogP contribution in [0.2, 0.25) is 0 Å². The van der Waals surface area contributed by atoms with Crippen LogP contribution in [-0.2, 0) is 4.79 Å². The van der Waals surface area contributed by atoms with Crippen LogP contribution in [-0.4, -0.2) is 22.0 Å². The van der Waals surface area contributed by atoms with E-state index < -0.39 is 5.97 Å². The zero-order chi connectivity index (χ0) is 15.2. The molecule has 1 aromatic carbocycles. The molecule has 0 aliphatic carbocycles. The van der Waals surface area contributed by atoms with Gasteiger partial charge in [-0.15, -0.1) is 0 Å². The van der Waals surface area contributed by atoms with Gasteiger partial charge >= 0.3 is 5.97 Å². The molecule has 0 radical (unpaired) electrons. The number of aryl methyl sites for hydroxylation is 1. The quantitative estimate of drug-likeness (QED) is 0.845. The molecule has 0 unspecified atom stereocenters. The molecule has 21 heavy (non-hydrogen) atoms. The zero-order valence-corrected chi connectivity index (χ0v) is 11.4. The molecule has 0 atom stereocenters. The summed E-state index contributed by atoms with van der Waals surface area (Å²) in [6, 6.07) is 8.20. The van der Waals surface area contributed by atoms with Crippen molar-refractivity contribution in [1.29, 1.82) is 0 Å². The largest absolute Gasteiger partial charge is 0.478 e. The lowest BCUT2D eigenvalue weighted by Gasteiger charge is -2.07. The fraction of sp³-hybridized carbons (Fsp3) is 0.0625. The molecule has 5 nitrogen and oxygen atoms in total. The minimum atomic E-state index is -1.03. The van der Waals surface area contributed by atoms with Crippen LogP contribution in [0.4, 0.5) is 5.69 Å². The summed E-state index contributed by atoms with van der Waals surface area (Å²) in [5.74, 6) is -1.36. The number of amides is 1. The third kappa shape index (κ3) is 4.01. The standard InChI is InChI=1S/C16H14N2O3/c1-11-4-6-13(16(20)21)9-14(11)18-15(19)7-5-12-3-2-8-17-10-12/h2-10H,1H3,(H,18,19)(H,20,21). The van der Waals surface area contributed by atoms with Crippen LogP contribution in [0.5, 0.6) is 0 Å². The number of benzene rings is 1. The first-order chi connectivity index (χ1) is 10.1. The molecule has 1 heterocycles. The van der Waals surface area contributed by atoms with Gasteiger partial charge in [0.1, 0.15) is 0 Å². The Morgan fingerprint density at radius 1 is 1.29 bits per heavy atom. The molecule has 0 bridgehead atoms. The number of nitrogens with one attached hydrogen (secondary N) is 1. The molecule has 2 aromatic rings. The number of pyridine rings is 1. The number of hydrogen-bond acceptors (Lipinski definition) is 3. The summed E-state index contributed by atoms with van der Waals surface area (Å²) < 4.78 is 0. The highest BCUT2D eigenvalue weighted by Crippen LogP contribution is 2.17. The molecule has 0 fully saturated rings. The predicted molar refractivity (Wildman–Crippen MR) is 80.0 cm³/mol. The van der Waals surface area contributed by atoms with Crippen LogP contribution in [0.15, 0.2) is 48.8 Å². The van der Waals surface area contributed by atoms with Crippen molar-refractivity contribution in [3.63, 3.8) is 0 Å². The van der Waals surface area contributed by atoms with Crippen molar-refractivity contribution in [3.8, 4) is 0 Å². The summed E-state index contributed by atoms with van der Waals surface area (Å²) in [5, 5.41) is 11.6. The zero-order valence-electron chi connectivity index (χ0n) is 11.4. The normalized spacial score (nSPS) is 10.5. The van der Waals surface area contributed by atoms with Crippen LogP contribution in [0.25, 0.3) is 6.08 Å². The molecule has 0 saturated carbocycles. The molecular weight excluding hydrogens is 268 g/mol. The summed E-state index contributed by atoms with van der Waals surface area (Å²) in [7, 11) is 0. The Balaban J connectivity index is 2.11. The Morgan fingerprint density at radius 3 is 2.76 bits per heavy atom. The molecule has 106 valence electrons. The molecule has 2 rings (SSSR count). The first-order valence-electron chi connectivity index (χ1n) is 6.29. The van der Waals surface area contributed by atoms with Gasteiger partial charge in [0.2, 0.25) is 5.91 Å². The van der Waals surface area contributed by atoms with Crippen molar-refractivity contribution >= 4 is 23.6 Å². The van der Waals surface area contributed by atoms with E-state index in [4.69, 9.17) is 5.11 Å². The second-order valence-electron chi connectivity index (χ2n) is 4.44. The van der Waals surface area contributed by atoms with E-state index in [1.165, 1.54) is 18.2 Å². The van der Waals surface area contributed by atoms with Gasteiger partial charge in [-0.3, -0.25) is 9.78 Å². The number of carbonyl (C=O) groups excluding carboxylic acids is 1. The number of carboxylic acids is 1. The Kier molecular flexibility index (Phi) is 4.46. The number of hydrogen-bond donors (Lipinski definition) is 2. The van der Waals surface area contributed by atoms with E-state index in [0.717, 1.165) is 11.1 Å². The number of rotatable bonds is 4. The Morgan fingerprint density at radius 2 is 2.10 bits per heavy atom. The van der Waals surface area contributed by atoms with Crippen LogP contribution in [0.1, 0.15) is 21.5 Å². The highest BCUT2D eigenvalue weighted by atomic mass is 16.4. The van der Waals surface area contributed by atoms with E-state index in [0.29, 0.717) is 5.69 Å². The van der Waals surface area contributed by atoms with Gasteiger partial charge in [-0.05, 0) is 42.3 Å². The topological polar surface area (TPSA) is 79.3 Å². The number of nitrogens with zero attached hydrogens (tertiary/aromatic N) is 1. The summed E-state index contributed by atoms with van der Waals surface area (Å²) in [4.78, 5) is 26.7. The van der Waals surface area contributed by atoms with E-state index in [9.17, 15) is 9.59 Å². The summed E-state index contributed by atoms with van der Waals surface area (Å²) in [5.41, 5.74) is 2.22. The second kappa shape index (κ2) is 6.47. The number of carbonyl (C=O) groups is 2. The van der Waals surface area contributed by atoms with Gasteiger partial charge < -0.3 is 10.4 Å². The maximum Gasteiger partial charge on any atom is 0.335 e. The molecule has 2 N–H and O–H groups in total. The van der Waals surface area contributed by atoms with Gasteiger partial charge in [-0.1, -0.05) is 12.1 Å². The van der Waals surface area contributed by atoms with Crippen molar-refractivity contribution in [3.05, 3.63) is 65.5 Å². The van der Waals surface area contributed by atoms with Gasteiger partial charge in [-0.25, -0.2) is 4.79 Å². The van der Waals surface area contributed by atoms with Crippen LogP contribution in [0, 0.1) is 6.92 Å². The van der Waals surface area contributed by atoms with E-state index in [1.54, 1.807) is 37.5 Å². The molecule has 1 amide bonds. The third-order valence-electron chi connectivity index (χ3n) is 2.85. The molecule has 0 spiro atoms. The van der Waals surface area contributed by atoms with Crippen molar-refractivity contribution in [2.24, 2.45) is 0 Å². The number of aromatic carboxylic acids is 1. The van der Waals surface area contributed by atoms with Gasteiger partial charge in [0.15, 0.2) is 0 Å². The Bertz CT molecular complexity index is 694. The van der Waals surface area contributed by atoms with Crippen molar-refractivity contribution in [2.45, 2.75) is 6.92 Å². The lowest BCUT2D eigenvalue weighted by molar-refractivity contribution is -0.111. The lowest BCUT2D eigenvalue weighted by Crippen LogP contribution is -2.10. The van der Waals surface area contributed by atoms with Gasteiger partial charge in [0.05, 0.1) is 5.56 Å². The fourth-order valence-corrected chi connectivity index (χ4v) is 1.71. The van der Waals surface area contributed by atoms with E-state index in [1.807, 2.05) is 6.07 Å². The lowest BCUT2D eigenvalue weighted by atomic mass is 10.1. The molecule has 1 aromatic heterocycles. The monoisotopic (exact) mass is 282 g/mol. The van der Waals surface area contributed by atoms with Crippen LogP contribution < -0.4 is 5.32 Å². The van der Waals surface area contributed by atoms with Crippen molar-refractivity contribution < 1.29 is 14.7 Å². The maximum atomic E-state index is 11.9. The third-order valence-corrected chi connectivity index (χ3v) is 2.85. The van der Waals surface area contributed by atoms with Crippen LogP contribution >= 0.6 is 0 Å². The van der Waals surface area contributed by atoms with Crippen molar-refractivity contribution in [2.75, 3.05) is 5.32 Å². The van der Waals surface area contributed by atoms with E-state index >= 15 is 0 Å². The summed E-state index contributed by atoms with van der Waals surface area (Å²) in [6.45, 7) is 1.80. The van der Waals surface area contributed by atoms with Crippen molar-refractivity contribution in [1.82, 2.24) is 4.98 Å². The minimum Gasteiger partial charge on any atom is -0.478 e. The van der Waals surface area contributed by atoms with Gasteiger partial charge in [0.25, 0.3) is 0 Å². The number of anilines is 1. The highest BCUT2D eigenvalue weighted by Gasteiger charge is 2.07. The molecular formula is C16H14N2O3. The first-order valence-corrected chi connectivity index (χ1v) is 6.29. The summed E-state index contributed by atoms with van der Waals surface area (Å²) >= 11 is 0. The smallest absolute Gasteiger partial charge is 0.335 e. The second-order valence-corrected chi connectivity index (χ2v) is 4.44. The van der Waals surface area contributed by atoms with E-state index in [2.05, 4.69) is 10.3 Å². The fourth-order valence-electron chi connectivity index (χ4n) is 1.71. The Hall–Kier alpha value is -2.95. The highest BCUT2D eigenvalue weighted by molar-refractivity contribution is 6.03. The predicted octanol–water partition coefficient (Wildman–Crippen LogP) is 2.74. The summed E-state index contributed by atoms with van der Waals surface area (Å²) in [6.07, 6.45) is 6.31. The van der Waals surface area contributed by atoms with E-state index in [-0.39, 0.29) is 11.5 Å².